The molecule has 338 valence electrons. The molecule has 0 bridgehead atoms. The molecular weight excluding hydrogens is 767 g/mol. The molecule has 0 saturated heterocycles. The summed E-state index contributed by atoms with van der Waals surface area (Å²) in [6.07, 6.45) is 24.8. The van der Waals surface area contributed by atoms with Crippen LogP contribution in [0.2, 0.25) is 0 Å². The van der Waals surface area contributed by atoms with Crippen molar-refractivity contribution in [2.45, 2.75) is 217 Å². The first-order valence-electron chi connectivity index (χ1n) is 22.3. The summed E-state index contributed by atoms with van der Waals surface area (Å²) in [6, 6.07) is 0. The lowest BCUT2D eigenvalue weighted by Gasteiger charge is -2.41. The molecule has 0 amide bonds. The van der Waals surface area contributed by atoms with Crippen LogP contribution in [0.4, 0.5) is 0 Å². The number of hydrogen-bond donors (Lipinski definition) is 6. The first kappa shape index (κ1) is 54.1. The third-order valence-electron chi connectivity index (χ3n) is 10.2. The summed E-state index contributed by atoms with van der Waals surface area (Å²) < 4.78 is 33.5. The number of phosphoric ester groups is 1. The van der Waals surface area contributed by atoms with E-state index in [9.17, 15) is 44.6 Å². The van der Waals surface area contributed by atoms with E-state index in [0.717, 1.165) is 77.0 Å². The van der Waals surface area contributed by atoms with E-state index in [1.54, 1.807) is 0 Å². The molecule has 6 N–H and O–H groups in total. The number of unbranched alkanes of at least 4 members (excludes halogenated alkanes) is 19. The first-order valence-corrected chi connectivity index (χ1v) is 23.8. The highest BCUT2D eigenvalue weighted by atomic mass is 31.2. The Bertz CT molecular complexity index is 1160. The Labute approximate surface area is 348 Å². The molecule has 1 aliphatic carbocycles. The molecule has 13 nitrogen and oxygen atoms in total. The van der Waals surface area contributed by atoms with Gasteiger partial charge >= 0.3 is 19.8 Å². The molecule has 0 aromatic heterocycles. The van der Waals surface area contributed by atoms with Crippen LogP contribution < -0.4 is 0 Å². The fraction of sp³-hybridized carbons (Fsp3) is 0.818. The highest BCUT2D eigenvalue weighted by Gasteiger charge is 2.51. The van der Waals surface area contributed by atoms with E-state index < -0.39 is 75.7 Å². The van der Waals surface area contributed by atoms with Crippen LogP contribution in [-0.2, 0) is 32.7 Å². The summed E-state index contributed by atoms with van der Waals surface area (Å²) >= 11 is 0. The van der Waals surface area contributed by atoms with Gasteiger partial charge in [-0.05, 0) is 64.2 Å². The topological polar surface area (TPSA) is 210 Å². The van der Waals surface area contributed by atoms with Crippen LogP contribution in [0.5, 0.6) is 0 Å². The maximum absolute atomic E-state index is 12.8. The van der Waals surface area contributed by atoms with Crippen LogP contribution in [-0.4, -0.2) is 98.3 Å². The number of aliphatic hydroxyl groups excluding tert-OH is 5. The lowest BCUT2D eigenvalue weighted by molar-refractivity contribution is -0.220. The lowest BCUT2D eigenvalue weighted by Crippen LogP contribution is -2.64. The predicted molar refractivity (Wildman–Crippen MR) is 226 cm³/mol. The second-order valence-corrected chi connectivity index (χ2v) is 17.0. The van der Waals surface area contributed by atoms with Gasteiger partial charge in [-0.2, -0.15) is 0 Å². The Morgan fingerprint density at radius 2 is 0.931 bits per heavy atom. The van der Waals surface area contributed by atoms with Crippen molar-refractivity contribution in [3.05, 3.63) is 36.5 Å². The van der Waals surface area contributed by atoms with Crippen molar-refractivity contribution in [3.8, 4) is 0 Å². The molecule has 0 spiro atoms. The minimum atomic E-state index is -5.12. The number of carbonyl (C=O) groups is 2. The number of rotatable bonds is 36. The van der Waals surface area contributed by atoms with Gasteiger partial charge in [-0.25, -0.2) is 4.57 Å². The third kappa shape index (κ3) is 27.0. The second kappa shape index (κ2) is 34.7. The van der Waals surface area contributed by atoms with Crippen molar-refractivity contribution >= 4 is 19.8 Å². The molecule has 1 aliphatic rings. The molecule has 0 aromatic rings. The SMILES string of the molecule is CCCCCC/C=C/C=C/CCCCCCCC(=O)O[C@@H](COC(=O)CCCCCCC/C=C/CCCCCCC)COP(=O)(O)OC1C(O)C(O)C(O)[C@H](O)C1O. The van der Waals surface area contributed by atoms with Crippen molar-refractivity contribution < 1.29 is 63.1 Å². The van der Waals surface area contributed by atoms with Crippen molar-refractivity contribution in [2.24, 2.45) is 0 Å². The minimum absolute atomic E-state index is 0.0775. The summed E-state index contributed by atoms with van der Waals surface area (Å²) in [5, 5.41) is 50.1. The molecule has 58 heavy (non-hydrogen) atoms. The van der Waals surface area contributed by atoms with Crippen molar-refractivity contribution in [1.82, 2.24) is 0 Å². The fourth-order valence-electron chi connectivity index (χ4n) is 6.57. The largest absolute Gasteiger partial charge is 0.472 e. The van der Waals surface area contributed by atoms with Gasteiger partial charge in [-0.15, -0.1) is 0 Å². The number of aliphatic hydroxyl groups is 5. The Morgan fingerprint density at radius 3 is 1.43 bits per heavy atom. The molecule has 0 radical (unpaired) electrons. The van der Waals surface area contributed by atoms with Gasteiger partial charge in [-0.3, -0.25) is 18.6 Å². The van der Waals surface area contributed by atoms with Crippen molar-refractivity contribution in [2.75, 3.05) is 13.2 Å². The number of ether oxygens (including phenoxy) is 2. The maximum Gasteiger partial charge on any atom is 0.472 e. The molecule has 1 saturated carbocycles. The van der Waals surface area contributed by atoms with Crippen LogP contribution in [0.25, 0.3) is 0 Å². The molecule has 0 aliphatic heterocycles. The molecule has 1 rings (SSSR count). The van der Waals surface area contributed by atoms with Gasteiger partial charge in [0.05, 0.1) is 6.61 Å². The Kier molecular flexibility index (Phi) is 32.4. The second-order valence-electron chi connectivity index (χ2n) is 15.6. The van der Waals surface area contributed by atoms with E-state index in [1.165, 1.54) is 57.8 Å². The minimum Gasteiger partial charge on any atom is -0.462 e. The first-order chi connectivity index (χ1) is 27.9. The average molecular weight is 847 g/mol. The van der Waals surface area contributed by atoms with Crippen molar-refractivity contribution in [3.63, 3.8) is 0 Å². The molecule has 0 heterocycles. The zero-order chi connectivity index (χ0) is 42.9. The number of hydrogen-bond acceptors (Lipinski definition) is 12. The summed E-state index contributed by atoms with van der Waals surface area (Å²) in [5.41, 5.74) is 0. The number of esters is 2. The van der Waals surface area contributed by atoms with Gasteiger partial charge in [0.15, 0.2) is 6.10 Å². The van der Waals surface area contributed by atoms with Crippen LogP contribution in [0, 0.1) is 0 Å². The number of allylic oxidation sites excluding steroid dienone is 6. The van der Waals surface area contributed by atoms with Gasteiger partial charge < -0.3 is 39.9 Å². The van der Waals surface area contributed by atoms with Gasteiger partial charge in [0, 0.05) is 12.8 Å². The zero-order valence-electron chi connectivity index (χ0n) is 35.6. The van der Waals surface area contributed by atoms with E-state index in [4.69, 9.17) is 18.5 Å². The number of phosphoric acid groups is 1. The standard InChI is InChI=1S/C44H79O13P/c1-3-5-7-9-11-13-15-17-19-21-23-25-27-29-31-33-38(46)56-36(35-55-58(52,53)57-44-42(50)40(48)39(47)41(49)43(44)51)34-54-37(45)32-30-28-26-24-22-20-18-16-14-12-10-8-6-4-2/h13,15-19,36,39-44,47-51H,3-12,14,20-35H2,1-2H3,(H,52,53)/b15-13+,18-16+,19-17+/t36-,39?,40-,41?,42?,43?,44?/m0/s1. The van der Waals surface area contributed by atoms with Gasteiger partial charge in [0.25, 0.3) is 0 Å². The molecule has 0 aromatic carbocycles. The molecule has 6 unspecified atom stereocenters. The van der Waals surface area contributed by atoms with Crippen molar-refractivity contribution in [1.29, 1.82) is 0 Å². The molecule has 1 fully saturated rings. The van der Waals surface area contributed by atoms with E-state index in [0.29, 0.717) is 12.8 Å². The average Bonchev–Trinajstić information content (AvgIpc) is 3.20. The Hall–Kier alpha value is -1.93. The van der Waals surface area contributed by atoms with E-state index in [2.05, 4.69) is 50.3 Å². The van der Waals surface area contributed by atoms with Crippen LogP contribution in [0.15, 0.2) is 36.5 Å². The third-order valence-corrected chi connectivity index (χ3v) is 11.2. The molecular formula is C44H79O13P. The Morgan fingerprint density at radius 1 is 0.534 bits per heavy atom. The molecule has 8 atom stereocenters. The summed E-state index contributed by atoms with van der Waals surface area (Å²) in [7, 11) is -5.12. The maximum atomic E-state index is 12.8. The summed E-state index contributed by atoms with van der Waals surface area (Å²) in [4.78, 5) is 35.6. The van der Waals surface area contributed by atoms with E-state index in [-0.39, 0.29) is 12.8 Å². The predicted octanol–water partition coefficient (Wildman–Crippen LogP) is 8.22. The molecule has 14 heteroatoms. The number of carbonyl (C=O) groups excluding carboxylic acids is 2. The monoisotopic (exact) mass is 847 g/mol. The highest BCUT2D eigenvalue weighted by Crippen LogP contribution is 2.47. The van der Waals surface area contributed by atoms with Crippen LogP contribution >= 0.6 is 7.82 Å². The van der Waals surface area contributed by atoms with E-state index in [1.807, 2.05) is 0 Å². The smallest absolute Gasteiger partial charge is 0.462 e. The quantitative estimate of drug-likeness (QED) is 0.0116. The fourth-order valence-corrected chi connectivity index (χ4v) is 7.54. The van der Waals surface area contributed by atoms with Gasteiger partial charge in [-0.1, -0.05) is 134 Å². The lowest BCUT2D eigenvalue weighted by atomic mass is 9.85. The van der Waals surface area contributed by atoms with Crippen LogP contribution in [0.1, 0.15) is 174 Å². The van der Waals surface area contributed by atoms with Gasteiger partial charge in [0.2, 0.25) is 0 Å². The van der Waals surface area contributed by atoms with Crippen LogP contribution in [0.3, 0.4) is 0 Å². The summed E-state index contributed by atoms with van der Waals surface area (Å²) in [5.74, 6) is -1.13. The zero-order valence-corrected chi connectivity index (χ0v) is 36.5. The summed E-state index contributed by atoms with van der Waals surface area (Å²) in [6.45, 7) is 3.24. The highest BCUT2D eigenvalue weighted by molar-refractivity contribution is 7.47. The van der Waals surface area contributed by atoms with Gasteiger partial charge in [0.1, 0.15) is 43.2 Å². The van der Waals surface area contributed by atoms with E-state index >= 15 is 0 Å². The Balaban J connectivity index is 2.50. The normalized spacial score (nSPS) is 22.8.